The minimum absolute atomic E-state index is 0.158. The number of nitrogens with zero attached hydrogens (tertiary/aromatic N) is 3. The fraction of sp³-hybridized carbons (Fsp3) is 0.0513. The van der Waals surface area contributed by atoms with Gasteiger partial charge in [0.05, 0.1) is 45.6 Å². The van der Waals surface area contributed by atoms with Gasteiger partial charge in [-0.05, 0) is 68.4 Å². The molecule has 0 unspecified atom stereocenters. The molecule has 2 aromatic heterocycles. The third-order valence-corrected chi connectivity index (χ3v) is 8.59. The van der Waals surface area contributed by atoms with Crippen LogP contribution in [0.4, 0.5) is 14.5 Å². The molecule has 0 fully saturated rings. The van der Waals surface area contributed by atoms with Crippen LogP contribution >= 0.6 is 0 Å². The maximum Gasteiger partial charge on any atom is 0.234 e. The SMILES string of the molecule is [C-]#[N+]c1c(-n2c3ccccc3c3cc(C)ccc32)ccc(-c2c(F)cccc2F)c1-n1c2ccccc2c2cc(C)ccc21. The van der Waals surface area contributed by atoms with E-state index in [2.05, 4.69) is 46.7 Å². The van der Waals surface area contributed by atoms with E-state index in [1.54, 1.807) is 6.07 Å². The van der Waals surface area contributed by atoms with E-state index < -0.39 is 11.6 Å². The van der Waals surface area contributed by atoms with Crippen LogP contribution in [0.5, 0.6) is 0 Å². The quantitative estimate of drug-likeness (QED) is 0.187. The summed E-state index contributed by atoms with van der Waals surface area (Å²) in [6.07, 6.45) is 0. The predicted molar refractivity (Wildman–Crippen MR) is 176 cm³/mol. The van der Waals surface area contributed by atoms with Crippen molar-refractivity contribution in [1.29, 1.82) is 0 Å². The highest BCUT2D eigenvalue weighted by atomic mass is 19.1. The van der Waals surface area contributed by atoms with Gasteiger partial charge in [0.25, 0.3) is 0 Å². The summed E-state index contributed by atoms with van der Waals surface area (Å²) in [5, 5.41) is 4.16. The van der Waals surface area contributed by atoms with Crippen molar-refractivity contribution in [3.63, 3.8) is 0 Å². The van der Waals surface area contributed by atoms with Crippen molar-refractivity contribution in [2.45, 2.75) is 13.8 Å². The smallest absolute Gasteiger partial charge is 0.234 e. The molecule has 0 atom stereocenters. The van der Waals surface area contributed by atoms with Gasteiger partial charge in [-0.1, -0.05) is 71.8 Å². The van der Waals surface area contributed by atoms with E-state index in [4.69, 9.17) is 6.57 Å². The first-order valence-corrected chi connectivity index (χ1v) is 14.5. The summed E-state index contributed by atoms with van der Waals surface area (Å²) >= 11 is 0. The standard InChI is InChI=1S/C39H25F2N3/c1-23-15-18-34-28(21-23)25-9-4-6-13-32(25)43(34)36-20-17-27(37-30(40)11-8-12-31(37)41)39(38(36)42-3)44-33-14-7-5-10-26(33)29-22-24(2)16-19-35(29)44/h4-22H,1-2H3. The second kappa shape index (κ2) is 9.65. The molecule has 0 aliphatic heterocycles. The van der Waals surface area contributed by atoms with Crippen LogP contribution in [-0.4, -0.2) is 9.13 Å². The van der Waals surface area contributed by atoms with Crippen molar-refractivity contribution in [3.8, 4) is 22.5 Å². The van der Waals surface area contributed by atoms with Crippen molar-refractivity contribution in [2.24, 2.45) is 0 Å². The molecule has 0 bridgehead atoms. The minimum Gasteiger partial charge on any atom is -0.319 e. The Morgan fingerprint density at radius 1 is 0.545 bits per heavy atom. The highest BCUT2D eigenvalue weighted by Crippen LogP contribution is 2.46. The average molecular weight is 574 g/mol. The lowest BCUT2D eigenvalue weighted by Crippen LogP contribution is -2.04. The van der Waals surface area contributed by atoms with Crippen LogP contribution in [-0.2, 0) is 0 Å². The summed E-state index contributed by atoms with van der Waals surface area (Å²) in [7, 11) is 0. The molecule has 0 amide bonds. The van der Waals surface area contributed by atoms with Gasteiger partial charge in [-0.25, -0.2) is 13.6 Å². The van der Waals surface area contributed by atoms with Crippen LogP contribution in [0.15, 0.2) is 115 Å². The third kappa shape index (κ3) is 3.64. The highest BCUT2D eigenvalue weighted by molar-refractivity contribution is 6.12. The molecule has 0 aliphatic carbocycles. The largest absolute Gasteiger partial charge is 0.319 e. The summed E-state index contributed by atoms with van der Waals surface area (Å²) in [6, 6.07) is 36.0. The van der Waals surface area contributed by atoms with Gasteiger partial charge < -0.3 is 9.13 Å². The monoisotopic (exact) mass is 573 g/mol. The van der Waals surface area contributed by atoms with Crippen LogP contribution < -0.4 is 0 Å². The molecule has 210 valence electrons. The summed E-state index contributed by atoms with van der Waals surface area (Å²) in [6.45, 7) is 12.7. The molecule has 0 saturated heterocycles. The third-order valence-electron chi connectivity index (χ3n) is 8.59. The van der Waals surface area contributed by atoms with E-state index in [0.717, 1.165) is 54.7 Å². The first-order valence-electron chi connectivity index (χ1n) is 14.5. The molecule has 0 saturated carbocycles. The van der Waals surface area contributed by atoms with E-state index in [0.29, 0.717) is 22.6 Å². The average Bonchev–Trinajstić information content (AvgIpc) is 3.52. The molecule has 0 spiro atoms. The molecule has 8 aromatic rings. The first kappa shape index (κ1) is 25.9. The number of rotatable bonds is 3. The summed E-state index contributed by atoms with van der Waals surface area (Å²) in [4.78, 5) is 4.15. The minimum atomic E-state index is -0.682. The summed E-state index contributed by atoms with van der Waals surface area (Å²) in [5.74, 6) is -1.36. The van der Waals surface area contributed by atoms with Gasteiger partial charge in [-0.15, -0.1) is 0 Å². The van der Waals surface area contributed by atoms with Crippen LogP contribution in [0.1, 0.15) is 11.1 Å². The number of aromatic nitrogens is 2. The Balaban J connectivity index is 1.59. The van der Waals surface area contributed by atoms with Crippen molar-refractivity contribution < 1.29 is 8.78 Å². The van der Waals surface area contributed by atoms with Gasteiger partial charge in [0, 0.05) is 27.1 Å². The predicted octanol–water partition coefficient (Wildman–Crippen LogP) is 11.0. The summed E-state index contributed by atoms with van der Waals surface area (Å²) in [5.41, 5.74) is 7.39. The van der Waals surface area contributed by atoms with Gasteiger partial charge in [0.1, 0.15) is 11.6 Å². The zero-order chi connectivity index (χ0) is 30.1. The maximum atomic E-state index is 15.6. The molecular formula is C39H25F2N3. The second-order valence-corrected chi connectivity index (χ2v) is 11.3. The topological polar surface area (TPSA) is 14.2 Å². The molecule has 2 heterocycles. The lowest BCUT2D eigenvalue weighted by Gasteiger charge is -2.20. The molecule has 5 heteroatoms. The maximum absolute atomic E-state index is 15.6. The van der Waals surface area contributed by atoms with E-state index in [-0.39, 0.29) is 5.56 Å². The summed E-state index contributed by atoms with van der Waals surface area (Å²) < 4.78 is 35.2. The van der Waals surface area contributed by atoms with Crippen molar-refractivity contribution in [2.75, 3.05) is 0 Å². The van der Waals surface area contributed by atoms with E-state index in [1.807, 2.05) is 72.2 Å². The van der Waals surface area contributed by atoms with Gasteiger partial charge >= 0.3 is 0 Å². The number of hydrogen-bond donors (Lipinski definition) is 0. The zero-order valence-electron chi connectivity index (χ0n) is 24.1. The van der Waals surface area contributed by atoms with Crippen LogP contribution in [0.25, 0.3) is 71.0 Å². The molecule has 3 nitrogen and oxygen atoms in total. The number of fused-ring (bicyclic) bond motifs is 6. The number of benzene rings is 6. The molecular weight excluding hydrogens is 548 g/mol. The number of aryl methyl sites for hydroxylation is 2. The Morgan fingerprint density at radius 3 is 1.66 bits per heavy atom. The lowest BCUT2D eigenvalue weighted by molar-refractivity contribution is 0.589. The molecule has 0 radical (unpaired) electrons. The van der Waals surface area contributed by atoms with Gasteiger partial charge in [-0.2, -0.15) is 0 Å². The zero-order valence-corrected chi connectivity index (χ0v) is 24.1. The van der Waals surface area contributed by atoms with Gasteiger partial charge in [-0.3, -0.25) is 0 Å². The lowest BCUT2D eigenvalue weighted by atomic mass is 9.99. The first-order chi connectivity index (χ1) is 21.5. The van der Waals surface area contributed by atoms with Crippen molar-refractivity contribution in [3.05, 3.63) is 149 Å². The van der Waals surface area contributed by atoms with E-state index in [1.165, 1.54) is 18.2 Å². The Kier molecular flexibility index (Phi) is 5.69. The molecule has 0 aliphatic rings. The van der Waals surface area contributed by atoms with Gasteiger partial charge in [0.2, 0.25) is 5.69 Å². The molecule has 0 N–H and O–H groups in total. The molecule has 8 rings (SSSR count). The van der Waals surface area contributed by atoms with Crippen LogP contribution in [0.3, 0.4) is 0 Å². The number of hydrogen-bond acceptors (Lipinski definition) is 0. The van der Waals surface area contributed by atoms with E-state index in [9.17, 15) is 0 Å². The Bertz CT molecular complexity index is 2490. The Morgan fingerprint density at radius 2 is 1.07 bits per heavy atom. The fourth-order valence-electron chi connectivity index (χ4n) is 6.72. The normalized spacial score (nSPS) is 11.6. The second-order valence-electron chi connectivity index (χ2n) is 11.3. The Labute approximate surface area is 252 Å². The van der Waals surface area contributed by atoms with Gasteiger partial charge in [0.15, 0.2) is 0 Å². The van der Waals surface area contributed by atoms with Crippen molar-refractivity contribution in [1.82, 2.24) is 9.13 Å². The number of para-hydroxylation sites is 2. The number of halogens is 2. The van der Waals surface area contributed by atoms with E-state index >= 15 is 8.78 Å². The Hall–Kier alpha value is -5.73. The van der Waals surface area contributed by atoms with Crippen LogP contribution in [0, 0.1) is 32.1 Å². The molecule has 6 aromatic carbocycles. The van der Waals surface area contributed by atoms with Crippen LogP contribution in [0.2, 0.25) is 0 Å². The van der Waals surface area contributed by atoms with Crippen molar-refractivity contribution >= 4 is 49.3 Å². The highest BCUT2D eigenvalue weighted by Gasteiger charge is 2.26. The fourth-order valence-corrected chi connectivity index (χ4v) is 6.72. The molecule has 44 heavy (non-hydrogen) atoms.